The Kier molecular flexibility index (Phi) is 4.97. The largest absolute Gasteiger partial charge is 0.479 e. The van der Waals surface area contributed by atoms with Crippen molar-refractivity contribution in [2.45, 2.75) is 32.0 Å². The summed E-state index contributed by atoms with van der Waals surface area (Å²) >= 11 is 0. The molecule has 0 fully saturated rings. The lowest BCUT2D eigenvalue weighted by molar-refractivity contribution is -0.148. The van der Waals surface area contributed by atoms with Crippen LogP contribution in [0.5, 0.6) is 5.75 Å². The van der Waals surface area contributed by atoms with E-state index in [0.717, 1.165) is 12.1 Å². The molecular formula is C13H12F3NO3. The molecule has 1 N–H and O–H groups in total. The number of carbonyl (C=O) groups is 1. The van der Waals surface area contributed by atoms with Gasteiger partial charge in [0.1, 0.15) is 5.75 Å². The number of carboxylic acids is 1. The monoisotopic (exact) mass is 287 g/mol. The smallest absolute Gasteiger partial charge is 0.420 e. The van der Waals surface area contributed by atoms with Crippen LogP contribution in [0.3, 0.4) is 0 Å². The number of aliphatic carboxylic acids is 1. The molecule has 1 unspecified atom stereocenters. The second-order valence-corrected chi connectivity index (χ2v) is 4.05. The molecule has 0 bridgehead atoms. The van der Waals surface area contributed by atoms with Crippen molar-refractivity contribution in [2.24, 2.45) is 0 Å². The zero-order valence-corrected chi connectivity index (χ0v) is 10.6. The zero-order chi connectivity index (χ0) is 15.3. The predicted octanol–water partition coefficient (Wildman–Crippen LogP) is 3.21. The van der Waals surface area contributed by atoms with Crippen LogP contribution in [0.2, 0.25) is 0 Å². The van der Waals surface area contributed by atoms with Gasteiger partial charge in [-0.3, -0.25) is 0 Å². The minimum Gasteiger partial charge on any atom is -0.479 e. The molecule has 0 aliphatic carbocycles. The minimum absolute atomic E-state index is 0.0899. The van der Waals surface area contributed by atoms with E-state index in [2.05, 4.69) is 0 Å². The first-order chi connectivity index (χ1) is 9.29. The van der Waals surface area contributed by atoms with E-state index in [4.69, 9.17) is 15.1 Å². The maximum Gasteiger partial charge on any atom is 0.420 e. The molecule has 20 heavy (non-hydrogen) atoms. The Balaban J connectivity index is 3.17. The minimum atomic E-state index is -4.72. The van der Waals surface area contributed by atoms with Crippen molar-refractivity contribution in [1.82, 2.24) is 0 Å². The Bertz CT molecular complexity index is 535. The molecule has 0 aromatic heterocycles. The average Bonchev–Trinajstić information content (AvgIpc) is 2.37. The van der Waals surface area contributed by atoms with Crippen molar-refractivity contribution in [1.29, 1.82) is 5.26 Å². The van der Waals surface area contributed by atoms with E-state index in [9.17, 15) is 18.0 Å². The van der Waals surface area contributed by atoms with Crippen molar-refractivity contribution in [2.75, 3.05) is 0 Å². The Morgan fingerprint density at radius 1 is 1.50 bits per heavy atom. The fourth-order valence-corrected chi connectivity index (χ4v) is 1.57. The maximum absolute atomic E-state index is 12.9. The maximum atomic E-state index is 12.9. The summed E-state index contributed by atoms with van der Waals surface area (Å²) < 4.78 is 43.5. The van der Waals surface area contributed by atoms with Crippen LogP contribution in [0, 0.1) is 11.3 Å². The fraction of sp³-hybridized carbons (Fsp3) is 0.385. The van der Waals surface area contributed by atoms with Crippen LogP contribution in [0.15, 0.2) is 18.2 Å². The van der Waals surface area contributed by atoms with Gasteiger partial charge in [0, 0.05) is 0 Å². The van der Waals surface area contributed by atoms with E-state index < -0.39 is 29.6 Å². The molecule has 0 amide bonds. The van der Waals surface area contributed by atoms with Crippen molar-refractivity contribution in [3.8, 4) is 11.8 Å². The highest BCUT2D eigenvalue weighted by Gasteiger charge is 2.36. The highest BCUT2D eigenvalue weighted by atomic mass is 19.4. The number of hydrogen-bond donors (Lipinski definition) is 1. The molecule has 1 aromatic carbocycles. The lowest BCUT2D eigenvalue weighted by Crippen LogP contribution is -2.27. The van der Waals surface area contributed by atoms with E-state index in [1.54, 1.807) is 13.0 Å². The quantitative estimate of drug-likeness (QED) is 0.902. The average molecular weight is 287 g/mol. The van der Waals surface area contributed by atoms with Gasteiger partial charge in [0.05, 0.1) is 17.2 Å². The summed E-state index contributed by atoms with van der Waals surface area (Å²) in [4.78, 5) is 10.9. The van der Waals surface area contributed by atoms with Gasteiger partial charge in [-0.25, -0.2) is 4.79 Å². The third-order valence-electron chi connectivity index (χ3n) is 2.51. The molecular weight excluding hydrogens is 275 g/mol. The van der Waals surface area contributed by atoms with Crippen molar-refractivity contribution >= 4 is 5.97 Å². The fourth-order valence-electron chi connectivity index (χ4n) is 1.57. The lowest BCUT2D eigenvalue weighted by Gasteiger charge is -2.18. The Morgan fingerprint density at radius 3 is 2.60 bits per heavy atom. The number of nitriles is 1. The van der Waals surface area contributed by atoms with Crippen molar-refractivity contribution in [3.63, 3.8) is 0 Å². The Hall–Kier alpha value is -2.23. The van der Waals surface area contributed by atoms with Gasteiger partial charge < -0.3 is 9.84 Å². The standard InChI is InChI=1S/C13H12F3NO3/c1-2-3-11(12(18)19)20-10-5-4-8(7-17)6-9(10)13(14,15)16/h4-6,11H,2-3H2,1H3,(H,18,19). The first-order valence-electron chi connectivity index (χ1n) is 5.80. The van der Waals surface area contributed by atoms with Crippen molar-refractivity contribution in [3.05, 3.63) is 29.3 Å². The normalized spacial score (nSPS) is 12.6. The molecule has 0 saturated carbocycles. The molecule has 0 saturated heterocycles. The zero-order valence-electron chi connectivity index (χ0n) is 10.6. The molecule has 0 radical (unpaired) electrons. The molecule has 1 rings (SSSR count). The number of alkyl halides is 3. The van der Waals surface area contributed by atoms with Gasteiger partial charge in [0.2, 0.25) is 0 Å². The molecule has 0 heterocycles. The first kappa shape index (κ1) is 15.8. The van der Waals surface area contributed by atoms with Crippen molar-refractivity contribution < 1.29 is 27.8 Å². The number of nitrogens with zero attached hydrogens (tertiary/aromatic N) is 1. The number of carboxylic acid groups (broad SMARTS) is 1. The predicted molar refractivity (Wildman–Crippen MR) is 63.1 cm³/mol. The number of halogens is 3. The van der Waals surface area contributed by atoms with Gasteiger partial charge >= 0.3 is 12.1 Å². The van der Waals surface area contributed by atoms with Gasteiger partial charge in [-0.1, -0.05) is 13.3 Å². The lowest BCUT2D eigenvalue weighted by atomic mass is 10.1. The van der Waals surface area contributed by atoms with Gasteiger partial charge in [-0.2, -0.15) is 18.4 Å². The van der Waals surface area contributed by atoms with Crippen LogP contribution >= 0.6 is 0 Å². The Labute approximate surface area is 113 Å². The van der Waals surface area contributed by atoms with Gasteiger partial charge in [-0.15, -0.1) is 0 Å². The topological polar surface area (TPSA) is 70.3 Å². The summed E-state index contributed by atoms with van der Waals surface area (Å²) in [6.07, 6.45) is -5.53. The third-order valence-corrected chi connectivity index (χ3v) is 2.51. The van der Waals surface area contributed by atoms with Crippen LogP contribution in [-0.2, 0) is 11.0 Å². The molecule has 0 aliphatic rings. The SMILES string of the molecule is CCCC(Oc1ccc(C#N)cc1C(F)(F)F)C(=O)O. The van der Waals surface area contributed by atoms with Crippen LogP contribution in [0.25, 0.3) is 0 Å². The van der Waals surface area contributed by atoms with E-state index in [0.29, 0.717) is 12.5 Å². The van der Waals surface area contributed by atoms with Crippen LogP contribution in [0.4, 0.5) is 13.2 Å². The second kappa shape index (κ2) is 6.28. The molecule has 108 valence electrons. The summed E-state index contributed by atoms with van der Waals surface area (Å²) in [5, 5.41) is 17.5. The van der Waals surface area contributed by atoms with Gasteiger partial charge in [-0.05, 0) is 24.6 Å². The van der Waals surface area contributed by atoms with E-state index in [-0.39, 0.29) is 12.0 Å². The van der Waals surface area contributed by atoms with E-state index in [1.165, 1.54) is 0 Å². The first-order valence-corrected chi connectivity index (χ1v) is 5.80. The highest BCUT2D eigenvalue weighted by Crippen LogP contribution is 2.37. The molecule has 4 nitrogen and oxygen atoms in total. The molecule has 0 aliphatic heterocycles. The highest BCUT2D eigenvalue weighted by molar-refractivity contribution is 5.72. The van der Waals surface area contributed by atoms with Crippen LogP contribution < -0.4 is 4.74 Å². The molecule has 1 atom stereocenters. The van der Waals surface area contributed by atoms with Crippen LogP contribution in [-0.4, -0.2) is 17.2 Å². The molecule has 7 heteroatoms. The number of hydrogen-bond acceptors (Lipinski definition) is 3. The summed E-state index contributed by atoms with van der Waals surface area (Å²) in [5.41, 5.74) is -1.33. The summed E-state index contributed by atoms with van der Waals surface area (Å²) in [6, 6.07) is 4.35. The Morgan fingerprint density at radius 2 is 2.15 bits per heavy atom. The van der Waals surface area contributed by atoms with Crippen LogP contribution in [0.1, 0.15) is 30.9 Å². The second-order valence-electron chi connectivity index (χ2n) is 4.05. The molecule has 1 aromatic rings. The number of rotatable bonds is 5. The third kappa shape index (κ3) is 3.88. The van der Waals surface area contributed by atoms with Gasteiger partial charge in [0.25, 0.3) is 0 Å². The van der Waals surface area contributed by atoms with E-state index >= 15 is 0 Å². The summed E-state index contributed by atoms with van der Waals surface area (Å²) in [7, 11) is 0. The molecule has 0 spiro atoms. The van der Waals surface area contributed by atoms with Gasteiger partial charge in [0.15, 0.2) is 6.10 Å². The summed E-state index contributed by atoms with van der Waals surface area (Å²) in [5.74, 6) is -1.92. The number of benzene rings is 1. The number of ether oxygens (including phenoxy) is 1. The van der Waals surface area contributed by atoms with E-state index in [1.807, 2.05) is 0 Å². The summed E-state index contributed by atoms with van der Waals surface area (Å²) in [6.45, 7) is 1.70.